The lowest BCUT2D eigenvalue weighted by Gasteiger charge is -2.34. The molecule has 1 N–H and O–H groups in total. The van der Waals surface area contributed by atoms with Crippen LogP contribution < -0.4 is 14.8 Å². The van der Waals surface area contributed by atoms with Crippen molar-refractivity contribution in [3.05, 3.63) is 24.3 Å². The molecule has 0 amide bonds. The molecule has 0 aliphatic carbocycles. The number of hydrogen-bond acceptors (Lipinski definition) is 4. The van der Waals surface area contributed by atoms with Gasteiger partial charge in [-0.2, -0.15) is 0 Å². The van der Waals surface area contributed by atoms with Gasteiger partial charge in [0.2, 0.25) is 0 Å². The molecule has 0 aromatic heterocycles. The van der Waals surface area contributed by atoms with Crippen molar-refractivity contribution in [2.45, 2.75) is 38.9 Å². The lowest BCUT2D eigenvalue weighted by atomic mass is 10.1. The van der Waals surface area contributed by atoms with Crippen LogP contribution in [0.25, 0.3) is 0 Å². The largest absolute Gasteiger partial charge is 0.493 e. The number of methoxy groups -OCH3 is 1. The maximum absolute atomic E-state index is 5.99. The second kappa shape index (κ2) is 10.1. The zero-order valence-corrected chi connectivity index (χ0v) is 15.8. The van der Waals surface area contributed by atoms with Crippen molar-refractivity contribution in [3.8, 4) is 11.5 Å². The van der Waals surface area contributed by atoms with Crippen LogP contribution in [0.4, 0.5) is 0 Å². The van der Waals surface area contributed by atoms with E-state index in [1.807, 2.05) is 38.2 Å². The maximum atomic E-state index is 5.99. The third kappa shape index (κ3) is 5.81. The first-order valence-electron chi connectivity index (χ1n) is 9.04. The summed E-state index contributed by atoms with van der Waals surface area (Å²) in [4.78, 5) is 6.69. The number of nitrogens with one attached hydrogen (secondary N) is 1. The minimum atomic E-state index is -0.00554. The Morgan fingerprint density at radius 1 is 1.28 bits per heavy atom. The van der Waals surface area contributed by atoms with E-state index in [0.717, 1.165) is 50.0 Å². The van der Waals surface area contributed by atoms with Crippen molar-refractivity contribution in [3.63, 3.8) is 0 Å². The molecule has 6 heteroatoms. The molecular formula is C19H31N3O3. The van der Waals surface area contributed by atoms with Gasteiger partial charge in [0, 0.05) is 26.7 Å². The van der Waals surface area contributed by atoms with Gasteiger partial charge in [-0.05, 0) is 38.8 Å². The van der Waals surface area contributed by atoms with Crippen molar-refractivity contribution in [2.24, 2.45) is 4.99 Å². The maximum Gasteiger partial charge on any atom is 0.193 e. The van der Waals surface area contributed by atoms with Gasteiger partial charge in [0.15, 0.2) is 17.5 Å². The Hall–Kier alpha value is -1.95. The number of para-hydroxylation sites is 2. The molecule has 6 nitrogen and oxygen atoms in total. The van der Waals surface area contributed by atoms with E-state index in [0.29, 0.717) is 12.6 Å². The van der Waals surface area contributed by atoms with Gasteiger partial charge in [-0.3, -0.25) is 4.99 Å². The summed E-state index contributed by atoms with van der Waals surface area (Å²) >= 11 is 0. The van der Waals surface area contributed by atoms with Crippen molar-refractivity contribution >= 4 is 5.96 Å². The summed E-state index contributed by atoms with van der Waals surface area (Å²) in [5.41, 5.74) is 0. The van der Waals surface area contributed by atoms with Crippen molar-refractivity contribution in [2.75, 3.05) is 40.4 Å². The van der Waals surface area contributed by atoms with Crippen LogP contribution in [0.15, 0.2) is 29.3 Å². The van der Waals surface area contributed by atoms with E-state index < -0.39 is 0 Å². The average Bonchev–Trinajstić information content (AvgIpc) is 2.64. The molecule has 2 rings (SSSR count). The monoisotopic (exact) mass is 349 g/mol. The van der Waals surface area contributed by atoms with E-state index in [9.17, 15) is 0 Å². The summed E-state index contributed by atoms with van der Waals surface area (Å²) in [6, 6.07) is 7.70. The number of guanidine groups is 1. The fourth-order valence-electron chi connectivity index (χ4n) is 3.01. The lowest BCUT2D eigenvalue weighted by molar-refractivity contribution is 0.0263. The Kier molecular flexibility index (Phi) is 7.85. The van der Waals surface area contributed by atoms with Crippen LogP contribution in [0.5, 0.6) is 11.5 Å². The normalized spacial score (nSPS) is 17.3. The molecule has 1 heterocycles. The smallest absolute Gasteiger partial charge is 0.193 e. The van der Waals surface area contributed by atoms with Gasteiger partial charge < -0.3 is 24.4 Å². The quantitative estimate of drug-likeness (QED) is 0.606. The number of ether oxygens (including phenoxy) is 3. The van der Waals surface area contributed by atoms with Crippen molar-refractivity contribution < 1.29 is 14.2 Å². The number of nitrogens with zero attached hydrogens (tertiary/aromatic N) is 2. The Balaban J connectivity index is 1.80. The van der Waals surface area contributed by atoms with E-state index in [1.54, 1.807) is 7.11 Å². The first-order chi connectivity index (χ1) is 12.2. The minimum Gasteiger partial charge on any atom is -0.493 e. The summed E-state index contributed by atoms with van der Waals surface area (Å²) in [5, 5.41) is 3.41. The molecule has 1 fully saturated rings. The molecule has 1 atom stereocenters. The summed E-state index contributed by atoms with van der Waals surface area (Å²) < 4.78 is 17.0. The van der Waals surface area contributed by atoms with E-state index in [-0.39, 0.29) is 6.10 Å². The van der Waals surface area contributed by atoms with Crippen molar-refractivity contribution in [1.82, 2.24) is 10.2 Å². The molecule has 0 spiro atoms. The molecule has 1 aliphatic heterocycles. The first-order valence-corrected chi connectivity index (χ1v) is 9.04. The summed E-state index contributed by atoms with van der Waals surface area (Å²) in [5.74, 6) is 2.42. The molecule has 1 aromatic carbocycles. The highest BCUT2D eigenvalue weighted by atomic mass is 16.5. The number of benzene rings is 1. The van der Waals surface area contributed by atoms with Crippen LogP contribution in [0.3, 0.4) is 0 Å². The zero-order valence-electron chi connectivity index (χ0n) is 15.8. The fourth-order valence-corrected chi connectivity index (χ4v) is 3.01. The van der Waals surface area contributed by atoms with E-state index in [1.165, 1.54) is 0 Å². The van der Waals surface area contributed by atoms with Gasteiger partial charge in [-0.1, -0.05) is 12.1 Å². The molecular weight excluding hydrogens is 318 g/mol. The van der Waals surface area contributed by atoms with Gasteiger partial charge >= 0.3 is 0 Å². The molecule has 0 bridgehead atoms. The second-order valence-corrected chi connectivity index (χ2v) is 6.15. The Bertz CT molecular complexity index is 542. The van der Waals surface area contributed by atoms with Gasteiger partial charge in [0.1, 0.15) is 6.10 Å². The zero-order chi connectivity index (χ0) is 18.1. The molecule has 0 radical (unpaired) electrons. The van der Waals surface area contributed by atoms with Gasteiger partial charge in [0.25, 0.3) is 0 Å². The summed E-state index contributed by atoms with van der Waals surface area (Å²) in [7, 11) is 3.47. The minimum absolute atomic E-state index is 0.00554. The average molecular weight is 349 g/mol. The number of hydrogen-bond donors (Lipinski definition) is 1. The molecule has 1 unspecified atom stereocenters. The van der Waals surface area contributed by atoms with Gasteiger partial charge in [0.05, 0.1) is 19.8 Å². The van der Waals surface area contributed by atoms with Crippen LogP contribution in [0.2, 0.25) is 0 Å². The third-order valence-corrected chi connectivity index (χ3v) is 4.30. The predicted octanol–water partition coefficient (Wildman–Crippen LogP) is 2.54. The van der Waals surface area contributed by atoms with Crippen LogP contribution in [0, 0.1) is 0 Å². The number of likely N-dealkylation sites (tertiary alicyclic amines) is 1. The van der Waals surface area contributed by atoms with E-state index in [4.69, 9.17) is 14.2 Å². The van der Waals surface area contributed by atoms with Gasteiger partial charge in [-0.15, -0.1) is 0 Å². The number of piperidine rings is 1. The number of aliphatic imine (C=N–C) groups is 1. The highest BCUT2D eigenvalue weighted by molar-refractivity contribution is 5.80. The van der Waals surface area contributed by atoms with Crippen molar-refractivity contribution in [1.29, 1.82) is 0 Å². The van der Waals surface area contributed by atoms with Crippen LogP contribution in [-0.4, -0.2) is 63.5 Å². The standard InChI is InChI=1S/C19H31N3O3/c1-5-24-16-10-12-22(13-11-16)19(20-3)21-14-15(2)25-18-9-7-6-8-17(18)23-4/h6-9,15-16H,5,10-14H2,1-4H3,(H,20,21). The Morgan fingerprint density at radius 3 is 2.56 bits per heavy atom. The molecule has 0 saturated carbocycles. The second-order valence-electron chi connectivity index (χ2n) is 6.15. The fraction of sp³-hybridized carbons (Fsp3) is 0.632. The van der Waals surface area contributed by atoms with Crippen LogP contribution in [-0.2, 0) is 4.74 Å². The highest BCUT2D eigenvalue weighted by Crippen LogP contribution is 2.26. The first kappa shape index (κ1) is 19.4. The third-order valence-electron chi connectivity index (χ3n) is 4.30. The SMILES string of the molecule is CCOC1CCN(C(=NC)NCC(C)Oc2ccccc2OC)CC1. The topological polar surface area (TPSA) is 55.3 Å². The predicted molar refractivity (Wildman–Crippen MR) is 101 cm³/mol. The summed E-state index contributed by atoms with van der Waals surface area (Å²) in [6.45, 7) is 7.48. The summed E-state index contributed by atoms with van der Waals surface area (Å²) in [6.07, 6.45) is 2.46. The Labute approximate surface area is 151 Å². The molecule has 1 aromatic rings. The Morgan fingerprint density at radius 2 is 1.96 bits per heavy atom. The molecule has 140 valence electrons. The molecule has 25 heavy (non-hydrogen) atoms. The number of rotatable bonds is 7. The molecule has 1 aliphatic rings. The van der Waals surface area contributed by atoms with Crippen LogP contribution >= 0.6 is 0 Å². The van der Waals surface area contributed by atoms with E-state index >= 15 is 0 Å². The lowest BCUT2D eigenvalue weighted by Crippen LogP contribution is -2.48. The highest BCUT2D eigenvalue weighted by Gasteiger charge is 2.22. The van der Waals surface area contributed by atoms with Gasteiger partial charge in [-0.25, -0.2) is 0 Å². The van der Waals surface area contributed by atoms with E-state index in [2.05, 4.69) is 22.1 Å². The molecule has 1 saturated heterocycles. The van der Waals surface area contributed by atoms with Crippen LogP contribution in [0.1, 0.15) is 26.7 Å².